The summed E-state index contributed by atoms with van der Waals surface area (Å²) in [6, 6.07) is 2.90. The summed E-state index contributed by atoms with van der Waals surface area (Å²) in [6.07, 6.45) is 8.19. The highest BCUT2D eigenvalue weighted by Gasteiger charge is 2.35. The van der Waals surface area contributed by atoms with Crippen LogP contribution >= 0.6 is 0 Å². The first-order valence-electron chi connectivity index (χ1n) is 7.05. The molecule has 1 aromatic heterocycles. The minimum atomic E-state index is 0.259. The van der Waals surface area contributed by atoms with E-state index in [2.05, 4.69) is 16.5 Å². The molecule has 1 unspecified atom stereocenters. The number of hydrogen-bond donors (Lipinski definition) is 1. The Hall–Kier alpha value is -0.870. The maximum Gasteiger partial charge on any atom is 0.0631 e. The number of aromatic nitrogens is 2. The highest BCUT2D eigenvalue weighted by atomic mass is 16.5. The summed E-state index contributed by atoms with van der Waals surface area (Å²) in [5, 5.41) is 8.21. The van der Waals surface area contributed by atoms with Crippen molar-refractivity contribution in [3.05, 3.63) is 18.0 Å². The van der Waals surface area contributed by atoms with E-state index in [0.717, 1.165) is 32.2 Å². The van der Waals surface area contributed by atoms with Gasteiger partial charge in [-0.15, -0.1) is 0 Å². The molecule has 1 saturated heterocycles. The molecule has 0 aromatic carbocycles. The smallest absolute Gasteiger partial charge is 0.0631 e. The molecular formula is C14H23N3O. The van der Waals surface area contributed by atoms with Crippen LogP contribution in [0.3, 0.4) is 0 Å². The fraction of sp³-hybridized carbons (Fsp3) is 0.786. The molecule has 0 spiro atoms. The van der Waals surface area contributed by atoms with Gasteiger partial charge in [0.05, 0.1) is 12.3 Å². The number of ether oxygens (including phenoxy) is 1. The predicted octanol–water partition coefficient (Wildman–Crippen LogP) is 1.51. The number of nitrogens with zero attached hydrogens (tertiary/aromatic N) is 2. The van der Waals surface area contributed by atoms with E-state index < -0.39 is 0 Å². The largest absolute Gasteiger partial charge is 0.381 e. The molecule has 1 atom stereocenters. The predicted molar refractivity (Wildman–Crippen MR) is 70.4 cm³/mol. The van der Waals surface area contributed by atoms with E-state index in [9.17, 15) is 0 Å². The van der Waals surface area contributed by atoms with E-state index in [4.69, 9.17) is 4.74 Å². The first-order chi connectivity index (χ1) is 8.76. The van der Waals surface area contributed by atoms with Crippen molar-refractivity contribution in [2.75, 3.05) is 19.8 Å². The van der Waals surface area contributed by atoms with E-state index in [-0.39, 0.29) is 5.41 Å². The van der Waals surface area contributed by atoms with Crippen molar-refractivity contribution >= 4 is 0 Å². The zero-order chi connectivity index (χ0) is 12.4. The molecule has 18 heavy (non-hydrogen) atoms. The second-order valence-electron chi connectivity index (χ2n) is 5.97. The maximum absolute atomic E-state index is 5.74. The van der Waals surface area contributed by atoms with Crippen molar-refractivity contribution in [2.24, 2.45) is 12.5 Å². The molecule has 2 heterocycles. The summed E-state index contributed by atoms with van der Waals surface area (Å²) in [6.45, 7) is 2.88. The molecule has 0 radical (unpaired) electrons. The third-order valence-electron chi connectivity index (χ3n) is 4.07. The Morgan fingerprint density at radius 1 is 1.56 bits per heavy atom. The van der Waals surface area contributed by atoms with Gasteiger partial charge in [-0.3, -0.25) is 4.68 Å². The fourth-order valence-corrected chi connectivity index (χ4v) is 2.84. The second-order valence-corrected chi connectivity index (χ2v) is 5.97. The van der Waals surface area contributed by atoms with Crippen LogP contribution in [0.2, 0.25) is 0 Å². The van der Waals surface area contributed by atoms with Crippen LogP contribution in [0.5, 0.6) is 0 Å². The molecular weight excluding hydrogens is 226 g/mol. The summed E-state index contributed by atoms with van der Waals surface area (Å²) in [7, 11) is 1.98. The highest BCUT2D eigenvalue weighted by Crippen LogP contribution is 2.33. The number of hydrogen-bond acceptors (Lipinski definition) is 3. The van der Waals surface area contributed by atoms with Gasteiger partial charge >= 0.3 is 0 Å². The molecule has 4 heteroatoms. The molecule has 1 aliphatic heterocycles. The molecule has 1 saturated carbocycles. The van der Waals surface area contributed by atoms with E-state index in [1.807, 2.05) is 17.9 Å². The van der Waals surface area contributed by atoms with Gasteiger partial charge < -0.3 is 10.1 Å². The first kappa shape index (κ1) is 12.2. The Balaban J connectivity index is 1.66. The van der Waals surface area contributed by atoms with Crippen LogP contribution in [0.25, 0.3) is 0 Å². The van der Waals surface area contributed by atoms with E-state index in [0.29, 0.717) is 0 Å². The SMILES string of the molecule is Cn1ccc(CC2(CNC3CC3)CCCOC2)n1. The maximum atomic E-state index is 5.74. The summed E-state index contributed by atoms with van der Waals surface area (Å²) in [5.41, 5.74) is 1.45. The van der Waals surface area contributed by atoms with E-state index in [1.165, 1.54) is 31.4 Å². The van der Waals surface area contributed by atoms with Crippen molar-refractivity contribution in [2.45, 2.75) is 38.1 Å². The molecule has 2 fully saturated rings. The number of aryl methyl sites for hydroxylation is 1. The molecule has 100 valence electrons. The Morgan fingerprint density at radius 3 is 3.06 bits per heavy atom. The van der Waals surface area contributed by atoms with E-state index in [1.54, 1.807) is 0 Å². The molecule has 2 aliphatic rings. The highest BCUT2D eigenvalue weighted by molar-refractivity contribution is 5.05. The quantitative estimate of drug-likeness (QED) is 0.860. The Labute approximate surface area is 109 Å². The third kappa shape index (κ3) is 2.93. The minimum Gasteiger partial charge on any atom is -0.381 e. The standard InChI is InChI=1S/C14H23N3O/c1-17-7-5-13(16-17)9-14(6-2-8-18-11-14)10-15-12-3-4-12/h5,7,12,15H,2-4,6,8-11H2,1H3. The summed E-state index contributed by atoms with van der Waals surface area (Å²) in [5.74, 6) is 0. The van der Waals surface area contributed by atoms with Crippen LogP contribution in [0.15, 0.2) is 12.3 Å². The minimum absolute atomic E-state index is 0.259. The van der Waals surface area contributed by atoms with Crippen LogP contribution in [-0.4, -0.2) is 35.6 Å². The van der Waals surface area contributed by atoms with Crippen LogP contribution < -0.4 is 5.32 Å². The Morgan fingerprint density at radius 2 is 2.44 bits per heavy atom. The Bertz CT molecular complexity index is 391. The van der Waals surface area contributed by atoms with Gasteiger partial charge in [0.2, 0.25) is 0 Å². The van der Waals surface area contributed by atoms with E-state index >= 15 is 0 Å². The van der Waals surface area contributed by atoms with Crippen molar-refractivity contribution in [1.29, 1.82) is 0 Å². The Kier molecular flexibility index (Phi) is 3.39. The lowest BCUT2D eigenvalue weighted by molar-refractivity contribution is -0.00788. The van der Waals surface area contributed by atoms with Gasteiger partial charge in [0.1, 0.15) is 0 Å². The van der Waals surface area contributed by atoms with Crippen molar-refractivity contribution < 1.29 is 4.74 Å². The van der Waals surface area contributed by atoms with Crippen molar-refractivity contribution in [3.63, 3.8) is 0 Å². The molecule has 0 bridgehead atoms. The third-order valence-corrected chi connectivity index (χ3v) is 4.07. The van der Waals surface area contributed by atoms with Gasteiger partial charge in [0.25, 0.3) is 0 Å². The average molecular weight is 249 g/mol. The molecule has 1 N–H and O–H groups in total. The lowest BCUT2D eigenvalue weighted by atomic mass is 9.78. The lowest BCUT2D eigenvalue weighted by Crippen LogP contribution is -2.43. The molecule has 1 aromatic rings. The summed E-state index contributed by atoms with van der Waals surface area (Å²) in [4.78, 5) is 0. The van der Waals surface area contributed by atoms with Crippen LogP contribution in [0, 0.1) is 5.41 Å². The van der Waals surface area contributed by atoms with Gasteiger partial charge in [0, 0.05) is 44.3 Å². The normalized spacial score (nSPS) is 28.5. The summed E-state index contributed by atoms with van der Waals surface area (Å²) >= 11 is 0. The average Bonchev–Trinajstić information content (AvgIpc) is 3.12. The second kappa shape index (κ2) is 5.02. The molecule has 4 nitrogen and oxygen atoms in total. The molecule has 0 amide bonds. The molecule has 1 aliphatic carbocycles. The monoisotopic (exact) mass is 249 g/mol. The number of nitrogens with one attached hydrogen (secondary N) is 1. The summed E-state index contributed by atoms with van der Waals surface area (Å²) < 4.78 is 7.63. The van der Waals surface area contributed by atoms with Crippen LogP contribution in [0.1, 0.15) is 31.4 Å². The van der Waals surface area contributed by atoms with Gasteiger partial charge in [-0.2, -0.15) is 5.10 Å². The van der Waals surface area contributed by atoms with Crippen molar-refractivity contribution in [1.82, 2.24) is 15.1 Å². The fourth-order valence-electron chi connectivity index (χ4n) is 2.84. The number of rotatable bonds is 5. The van der Waals surface area contributed by atoms with Crippen LogP contribution in [0.4, 0.5) is 0 Å². The van der Waals surface area contributed by atoms with Gasteiger partial charge in [0.15, 0.2) is 0 Å². The van der Waals surface area contributed by atoms with Gasteiger partial charge in [-0.1, -0.05) is 0 Å². The zero-order valence-electron chi connectivity index (χ0n) is 11.2. The topological polar surface area (TPSA) is 39.1 Å². The zero-order valence-corrected chi connectivity index (χ0v) is 11.2. The van der Waals surface area contributed by atoms with Gasteiger partial charge in [-0.25, -0.2) is 0 Å². The lowest BCUT2D eigenvalue weighted by Gasteiger charge is -2.37. The van der Waals surface area contributed by atoms with Crippen LogP contribution in [-0.2, 0) is 18.2 Å². The van der Waals surface area contributed by atoms with Crippen molar-refractivity contribution in [3.8, 4) is 0 Å². The molecule has 3 rings (SSSR count). The first-order valence-corrected chi connectivity index (χ1v) is 7.05. The van der Waals surface area contributed by atoms with Gasteiger partial charge in [-0.05, 0) is 31.7 Å².